The van der Waals surface area contributed by atoms with Crippen LogP contribution in [-0.4, -0.2) is 35.0 Å². The molecule has 5 rings (SSSR count). The average Bonchev–Trinajstić information content (AvgIpc) is 3.31. The van der Waals surface area contributed by atoms with Gasteiger partial charge in [-0.3, -0.25) is 4.79 Å². The van der Waals surface area contributed by atoms with Gasteiger partial charge >= 0.3 is 5.97 Å². The van der Waals surface area contributed by atoms with E-state index in [9.17, 15) is 9.59 Å². The van der Waals surface area contributed by atoms with Crippen LogP contribution in [0.15, 0.2) is 34.9 Å². The Kier molecular flexibility index (Phi) is 3.04. The van der Waals surface area contributed by atoms with Gasteiger partial charge in [0.1, 0.15) is 5.76 Å². The topological polar surface area (TPSA) is 72.6 Å². The van der Waals surface area contributed by atoms with E-state index in [0.717, 1.165) is 37.0 Å². The number of aromatic nitrogens is 1. The van der Waals surface area contributed by atoms with Crippen LogP contribution in [0.3, 0.4) is 0 Å². The minimum absolute atomic E-state index is 0.157. The van der Waals surface area contributed by atoms with Crippen LogP contribution in [0.1, 0.15) is 63.8 Å². The molecule has 1 amide bonds. The van der Waals surface area contributed by atoms with E-state index in [1.165, 1.54) is 0 Å². The van der Waals surface area contributed by atoms with Crippen LogP contribution >= 0.6 is 0 Å². The Balaban J connectivity index is 1.42. The Morgan fingerprint density at radius 3 is 2.96 bits per heavy atom. The van der Waals surface area contributed by atoms with E-state index in [0.29, 0.717) is 30.3 Å². The molecule has 128 valence electrons. The van der Waals surface area contributed by atoms with Gasteiger partial charge in [0.05, 0.1) is 12.1 Å². The quantitative estimate of drug-likeness (QED) is 0.787. The van der Waals surface area contributed by atoms with Gasteiger partial charge in [-0.25, -0.2) is 4.79 Å². The molecule has 3 aliphatic rings. The van der Waals surface area contributed by atoms with E-state index in [1.807, 2.05) is 18.2 Å². The molecule has 25 heavy (non-hydrogen) atoms. The summed E-state index contributed by atoms with van der Waals surface area (Å²) in [5.41, 5.74) is 1.10. The minimum atomic E-state index is -0.732. The molecular formula is C19H18N2O4. The molecule has 1 aromatic heterocycles. The number of ether oxygens (including phenoxy) is 1. The number of esters is 1. The summed E-state index contributed by atoms with van der Waals surface area (Å²) in [7, 11) is 0. The Morgan fingerprint density at radius 1 is 1.28 bits per heavy atom. The number of benzene rings is 1. The lowest BCUT2D eigenvalue weighted by molar-refractivity contribution is -0.0443. The van der Waals surface area contributed by atoms with Gasteiger partial charge in [0, 0.05) is 24.1 Å². The fourth-order valence-corrected chi connectivity index (χ4v) is 3.96. The first-order valence-electron chi connectivity index (χ1n) is 8.75. The lowest BCUT2D eigenvalue weighted by Gasteiger charge is -2.39. The molecule has 2 aliphatic heterocycles. The standard InChI is InChI=1S/C19H18N2O4/c22-17(15-10-16(25-20-15)12-6-7-12)21-9-3-8-19(11-21)14-5-2-1-4-13(14)18(23)24-19/h1-2,4-5,10,12H,3,6-9,11H2. The highest BCUT2D eigenvalue weighted by Crippen LogP contribution is 2.43. The first-order chi connectivity index (χ1) is 12.2. The normalized spacial score (nSPS) is 25.1. The number of hydrogen-bond donors (Lipinski definition) is 0. The van der Waals surface area contributed by atoms with Crippen molar-refractivity contribution in [3.8, 4) is 0 Å². The Hall–Kier alpha value is -2.63. The fraction of sp³-hybridized carbons (Fsp3) is 0.421. The summed E-state index contributed by atoms with van der Waals surface area (Å²) in [4.78, 5) is 26.8. The van der Waals surface area contributed by atoms with Gasteiger partial charge in [-0.05, 0) is 31.7 Å². The van der Waals surface area contributed by atoms with Crippen LogP contribution in [-0.2, 0) is 10.3 Å². The molecule has 0 N–H and O–H groups in total. The maximum Gasteiger partial charge on any atom is 0.339 e. The van der Waals surface area contributed by atoms with Crippen molar-refractivity contribution in [1.29, 1.82) is 0 Å². The van der Waals surface area contributed by atoms with E-state index >= 15 is 0 Å². The second kappa shape index (κ2) is 5.18. The molecule has 6 heteroatoms. The Morgan fingerprint density at radius 2 is 2.12 bits per heavy atom. The van der Waals surface area contributed by atoms with E-state index in [2.05, 4.69) is 5.16 Å². The maximum absolute atomic E-state index is 12.9. The molecule has 1 saturated heterocycles. The summed E-state index contributed by atoms with van der Waals surface area (Å²) >= 11 is 0. The summed E-state index contributed by atoms with van der Waals surface area (Å²) in [5.74, 6) is 0.759. The molecule has 1 aromatic carbocycles. The van der Waals surface area contributed by atoms with Gasteiger partial charge in [0.15, 0.2) is 11.3 Å². The lowest BCUT2D eigenvalue weighted by Crippen LogP contribution is -2.48. The number of rotatable bonds is 2. The monoisotopic (exact) mass is 338 g/mol. The van der Waals surface area contributed by atoms with Crippen molar-refractivity contribution in [3.63, 3.8) is 0 Å². The third-order valence-electron chi connectivity index (χ3n) is 5.40. The summed E-state index contributed by atoms with van der Waals surface area (Å²) in [6, 6.07) is 9.21. The van der Waals surface area contributed by atoms with Crippen LogP contribution in [0.2, 0.25) is 0 Å². The van der Waals surface area contributed by atoms with Crippen LogP contribution in [0.25, 0.3) is 0 Å². The number of likely N-dealkylation sites (tertiary alicyclic amines) is 1. The van der Waals surface area contributed by atoms with Crippen LogP contribution in [0.5, 0.6) is 0 Å². The van der Waals surface area contributed by atoms with Crippen molar-refractivity contribution < 1.29 is 18.8 Å². The lowest BCUT2D eigenvalue weighted by atomic mass is 9.85. The zero-order valence-electron chi connectivity index (χ0n) is 13.7. The average molecular weight is 338 g/mol. The SMILES string of the molecule is O=C1OC2(CCCN(C(=O)c3cc(C4CC4)on3)C2)c2ccccc21. The molecule has 3 heterocycles. The van der Waals surface area contributed by atoms with Crippen molar-refractivity contribution >= 4 is 11.9 Å². The van der Waals surface area contributed by atoms with E-state index in [4.69, 9.17) is 9.26 Å². The van der Waals surface area contributed by atoms with Gasteiger partial charge in [0.25, 0.3) is 5.91 Å². The molecule has 1 aliphatic carbocycles. The molecule has 0 bridgehead atoms. The Bertz CT molecular complexity index is 870. The van der Waals surface area contributed by atoms with Crippen LogP contribution < -0.4 is 0 Å². The van der Waals surface area contributed by atoms with E-state index < -0.39 is 5.60 Å². The third-order valence-corrected chi connectivity index (χ3v) is 5.40. The maximum atomic E-state index is 12.9. The van der Waals surface area contributed by atoms with Crippen molar-refractivity contribution in [2.75, 3.05) is 13.1 Å². The van der Waals surface area contributed by atoms with Gasteiger partial charge in [0.2, 0.25) is 0 Å². The number of carbonyl (C=O) groups excluding carboxylic acids is 2. The number of piperidine rings is 1. The zero-order valence-corrected chi connectivity index (χ0v) is 13.7. The first-order valence-corrected chi connectivity index (χ1v) is 8.75. The first kappa shape index (κ1) is 14.7. The molecule has 1 unspecified atom stereocenters. The highest BCUT2D eigenvalue weighted by molar-refractivity contribution is 5.95. The number of amides is 1. The second-order valence-electron chi connectivity index (χ2n) is 7.15. The number of carbonyl (C=O) groups is 2. The predicted octanol–water partition coefficient (Wildman–Crippen LogP) is 2.85. The number of fused-ring (bicyclic) bond motifs is 2. The largest absolute Gasteiger partial charge is 0.449 e. The smallest absolute Gasteiger partial charge is 0.339 e. The van der Waals surface area contributed by atoms with Gasteiger partial charge in [-0.1, -0.05) is 23.4 Å². The predicted molar refractivity (Wildman–Crippen MR) is 87.2 cm³/mol. The molecule has 2 aromatic rings. The molecule has 1 spiro atoms. The molecule has 0 radical (unpaired) electrons. The van der Waals surface area contributed by atoms with Crippen molar-refractivity contribution in [3.05, 3.63) is 52.9 Å². The van der Waals surface area contributed by atoms with Gasteiger partial charge in [-0.15, -0.1) is 0 Å². The van der Waals surface area contributed by atoms with E-state index in [1.54, 1.807) is 17.0 Å². The van der Waals surface area contributed by atoms with Crippen molar-refractivity contribution in [2.24, 2.45) is 0 Å². The molecule has 1 saturated carbocycles. The summed E-state index contributed by atoms with van der Waals surface area (Å²) in [5, 5.41) is 3.95. The Labute approximate surface area is 144 Å². The van der Waals surface area contributed by atoms with Crippen molar-refractivity contribution in [1.82, 2.24) is 10.1 Å². The number of hydrogen-bond acceptors (Lipinski definition) is 5. The summed E-state index contributed by atoms with van der Waals surface area (Å²) < 4.78 is 11.1. The van der Waals surface area contributed by atoms with Gasteiger partial charge in [-0.2, -0.15) is 0 Å². The minimum Gasteiger partial charge on any atom is -0.449 e. The highest BCUT2D eigenvalue weighted by Gasteiger charge is 2.49. The van der Waals surface area contributed by atoms with E-state index in [-0.39, 0.29) is 11.9 Å². The summed E-state index contributed by atoms with van der Waals surface area (Å²) in [6.45, 7) is 0.992. The van der Waals surface area contributed by atoms with Gasteiger partial charge < -0.3 is 14.2 Å². The fourth-order valence-electron chi connectivity index (χ4n) is 3.96. The number of nitrogens with zero attached hydrogens (tertiary/aromatic N) is 2. The molecular weight excluding hydrogens is 320 g/mol. The molecule has 6 nitrogen and oxygen atoms in total. The molecule has 2 fully saturated rings. The zero-order chi connectivity index (χ0) is 17.0. The van der Waals surface area contributed by atoms with Crippen molar-refractivity contribution in [2.45, 2.75) is 37.2 Å². The highest BCUT2D eigenvalue weighted by atomic mass is 16.6. The third kappa shape index (κ3) is 2.27. The second-order valence-corrected chi connectivity index (χ2v) is 7.15. The van der Waals surface area contributed by atoms with Crippen LogP contribution in [0.4, 0.5) is 0 Å². The summed E-state index contributed by atoms with van der Waals surface area (Å²) in [6.07, 6.45) is 3.71. The van der Waals surface area contributed by atoms with Crippen LogP contribution in [0, 0.1) is 0 Å². The molecule has 1 atom stereocenters.